The number of pyridine rings is 5. The first-order chi connectivity index (χ1) is 33.7. The van der Waals surface area contributed by atoms with Crippen LogP contribution in [-0.2, 0) is 21.1 Å². The molecule has 3 saturated carbocycles. The number of nitrogens with zero attached hydrogens (tertiary/aromatic N) is 5. The Kier molecular flexibility index (Phi) is 13.8. The van der Waals surface area contributed by atoms with Crippen LogP contribution in [0.25, 0.3) is 66.1 Å². The first-order valence-corrected chi connectivity index (χ1v) is 25.9. The van der Waals surface area contributed by atoms with Crippen LogP contribution < -0.4 is 13.7 Å². The van der Waals surface area contributed by atoms with Gasteiger partial charge in [0.25, 0.3) is 0 Å². The van der Waals surface area contributed by atoms with E-state index in [1.165, 1.54) is 177 Å². The van der Waals surface area contributed by atoms with Crippen LogP contribution >= 0.6 is 0 Å². The Hall–Kier alpha value is -6.59. The van der Waals surface area contributed by atoms with E-state index in [0.717, 1.165) is 17.8 Å². The van der Waals surface area contributed by atoms with Crippen molar-refractivity contribution in [2.75, 3.05) is 0 Å². The van der Waals surface area contributed by atoms with Crippen molar-refractivity contribution in [1.29, 1.82) is 0 Å². The van der Waals surface area contributed by atoms with Gasteiger partial charge < -0.3 is 0 Å². The molecular formula is C64H70N5+3. The maximum Gasteiger partial charge on any atom is 0.221 e. The molecule has 0 amide bonds. The molecule has 0 atom stereocenters. The molecule has 0 N–H and O–H groups in total. The zero-order valence-corrected chi connectivity index (χ0v) is 41.9. The lowest BCUT2D eigenvalue weighted by Crippen LogP contribution is -2.30. The number of hydrogen-bond donors (Lipinski definition) is 0. The molecule has 0 radical (unpaired) electrons. The standard InChI is InChI=1S/C22H24N.2C21H23N2/c1-16-7-3-6-10-20(16)22-21-12-11-18(17-8-4-5-9-17)15-19(21)13-14-23(22)2;1-15-14-22-11-9-19(15)21-20-8-7-17(16-5-3-4-6-16)13-18(20)10-12-23(21)2;1-15-9-11-22-14-20(15)21-19-8-7-17(16-5-3-4-6-16)13-18(19)10-12-23(21)2/h3,6-7,10-15,17H,4-5,8-9H2,1-2H3;2*7-14,16H,3-6H2,1-2H3/q3*+1. The van der Waals surface area contributed by atoms with E-state index >= 15 is 0 Å². The second-order valence-electron chi connectivity index (χ2n) is 20.5. The molecule has 9 aromatic rings. The van der Waals surface area contributed by atoms with Crippen LogP contribution in [0.4, 0.5) is 0 Å². The van der Waals surface area contributed by atoms with E-state index in [1.807, 2.05) is 24.8 Å². The Morgan fingerprint density at radius 3 is 1.17 bits per heavy atom. The zero-order chi connectivity index (χ0) is 47.4. The number of benzene rings is 4. The fourth-order valence-corrected chi connectivity index (χ4v) is 12.0. The summed E-state index contributed by atoms with van der Waals surface area (Å²) in [6.07, 6.45) is 30.6. The summed E-state index contributed by atoms with van der Waals surface area (Å²) in [6.45, 7) is 6.48. The minimum Gasteiger partial charge on any atom is -0.264 e. The number of aromatic nitrogens is 5. The van der Waals surface area contributed by atoms with Gasteiger partial charge in [0.15, 0.2) is 18.6 Å². The molecule has 5 heterocycles. The third-order valence-electron chi connectivity index (χ3n) is 15.9. The summed E-state index contributed by atoms with van der Waals surface area (Å²) in [7, 11) is 6.39. The van der Waals surface area contributed by atoms with Gasteiger partial charge in [0.2, 0.25) is 17.1 Å². The summed E-state index contributed by atoms with van der Waals surface area (Å²) >= 11 is 0. The van der Waals surface area contributed by atoms with Gasteiger partial charge in [0, 0.05) is 48.5 Å². The quantitative estimate of drug-likeness (QED) is 0.156. The van der Waals surface area contributed by atoms with Crippen molar-refractivity contribution in [3.05, 3.63) is 186 Å². The molecule has 0 spiro atoms. The van der Waals surface area contributed by atoms with Crippen LogP contribution in [0.3, 0.4) is 0 Å². The molecule has 5 aromatic heterocycles. The van der Waals surface area contributed by atoms with Gasteiger partial charge in [-0.3, -0.25) is 9.97 Å². The van der Waals surface area contributed by atoms with E-state index in [4.69, 9.17) is 0 Å². The van der Waals surface area contributed by atoms with Crippen molar-refractivity contribution in [3.63, 3.8) is 0 Å². The fraction of sp³-hybridized carbons (Fsp3) is 0.328. The minimum absolute atomic E-state index is 0.761. The van der Waals surface area contributed by atoms with Crippen LogP contribution in [0, 0.1) is 20.8 Å². The topological polar surface area (TPSA) is 37.4 Å². The molecule has 4 aromatic carbocycles. The summed E-state index contributed by atoms with van der Waals surface area (Å²) in [5.74, 6) is 2.30. The maximum absolute atomic E-state index is 4.34. The van der Waals surface area contributed by atoms with Crippen molar-refractivity contribution in [3.8, 4) is 33.8 Å². The van der Waals surface area contributed by atoms with Crippen molar-refractivity contribution < 1.29 is 13.7 Å². The average molecular weight is 909 g/mol. The van der Waals surface area contributed by atoms with E-state index in [-0.39, 0.29) is 0 Å². The second-order valence-corrected chi connectivity index (χ2v) is 20.5. The number of hydrogen-bond acceptors (Lipinski definition) is 2. The van der Waals surface area contributed by atoms with Gasteiger partial charge in [-0.25, -0.2) is 13.7 Å². The molecule has 0 bridgehead atoms. The molecular weight excluding hydrogens is 839 g/mol. The number of aryl methyl sites for hydroxylation is 6. The van der Waals surface area contributed by atoms with Gasteiger partial charge in [0.05, 0.1) is 27.3 Å². The first kappa shape index (κ1) is 46.2. The number of rotatable bonds is 6. The van der Waals surface area contributed by atoms with Gasteiger partial charge in [-0.2, -0.15) is 0 Å². The Bertz CT molecular complexity index is 2930. The summed E-state index contributed by atoms with van der Waals surface area (Å²) in [5.41, 5.74) is 16.0. The highest BCUT2D eigenvalue weighted by atomic mass is 14.9. The van der Waals surface area contributed by atoms with E-state index in [0.29, 0.717) is 0 Å². The lowest BCUT2D eigenvalue weighted by atomic mass is 9.93. The Morgan fingerprint density at radius 2 is 0.754 bits per heavy atom. The largest absolute Gasteiger partial charge is 0.264 e. The fourth-order valence-electron chi connectivity index (χ4n) is 12.0. The Balaban J connectivity index is 0.000000120. The van der Waals surface area contributed by atoms with Crippen molar-refractivity contribution in [2.24, 2.45) is 21.1 Å². The van der Waals surface area contributed by atoms with Crippen molar-refractivity contribution in [1.82, 2.24) is 9.97 Å². The third kappa shape index (κ3) is 9.71. The molecule has 5 nitrogen and oxygen atoms in total. The van der Waals surface area contributed by atoms with Gasteiger partial charge in [-0.15, -0.1) is 0 Å². The highest BCUT2D eigenvalue weighted by molar-refractivity contribution is 5.96. The predicted molar refractivity (Wildman–Crippen MR) is 285 cm³/mol. The predicted octanol–water partition coefficient (Wildman–Crippen LogP) is 14.7. The smallest absolute Gasteiger partial charge is 0.221 e. The van der Waals surface area contributed by atoms with Crippen LogP contribution in [0.5, 0.6) is 0 Å². The Labute approximate surface area is 410 Å². The van der Waals surface area contributed by atoms with E-state index < -0.39 is 0 Å². The van der Waals surface area contributed by atoms with Crippen molar-refractivity contribution in [2.45, 2.75) is 116 Å². The lowest BCUT2D eigenvalue weighted by Gasteiger charge is -2.12. The lowest BCUT2D eigenvalue weighted by molar-refractivity contribution is -0.659. The summed E-state index contributed by atoms with van der Waals surface area (Å²) < 4.78 is 6.68. The average Bonchev–Trinajstić information content (AvgIpc) is 4.22. The molecule has 69 heavy (non-hydrogen) atoms. The molecule has 12 rings (SSSR count). The zero-order valence-electron chi connectivity index (χ0n) is 41.9. The molecule has 3 aliphatic carbocycles. The molecule has 5 heteroatoms. The van der Waals surface area contributed by atoms with Gasteiger partial charge in [-0.05, 0) is 163 Å². The summed E-state index contributed by atoms with van der Waals surface area (Å²) in [6, 6.07) is 40.9. The summed E-state index contributed by atoms with van der Waals surface area (Å²) in [5, 5.41) is 8.04. The van der Waals surface area contributed by atoms with E-state index in [1.54, 1.807) is 0 Å². The highest BCUT2D eigenvalue weighted by Gasteiger charge is 2.24. The molecule has 0 saturated heterocycles. The molecule has 3 aliphatic rings. The molecule has 348 valence electrons. The highest BCUT2D eigenvalue weighted by Crippen LogP contribution is 2.39. The first-order valence-electron chi connectivity index (χ1n) is 25.9. The van der Waals surface area contributed by atoms with E-state index in [2.05, 4.69) is 193 Å². The van der Waals surface area contributed by atoms with Crippen LogP contribution in [0.1, 0.15) is 128 Å². The molecule has 0 aliphatic heterocycles. The SMILES string of the molecule is Cc1ccccc1-c1c2ccc(C3CCCC3)cc2cc[n+]1C.Cc1ccncc1-c1c2ccc(C3CCCC3)cc2cc[n+]1C.Cc1cnccc1-c1c2ccc(C3CCCC3)cc2cc[n+]1C. The normalized spacial score (nSPS) is 15.4. The van der Waals surface area contributed by atoms with Gasteiger partial charge >= 0.3 is 0 Å². The van der Waals surface area contributed by atoms with Crippen LogP contribution in [0.15, 0.2) is 153 Å². The molecule has 0 unspecified atom stereocenters. The van der Waals surface area contributed by atoms with Crippen LogP contribution in [0.2, 0.25) is 0 Å². The third-order valence-corrected chi connectivity index (χ3v) is 15.9. The maximum atomic E-state index is 4.34. The van der Waals surface area contributed by atoms with Crippen molar-refractivity contribution >= 4 is 32.3 Å². The molecule has 3 fully saturated rings. The van der Waals surface area contributed by atoms with Gasteiger partial charge in [0.1, 0.15) is 21.1 Å². The van der Waals surface area contributed by atoms with E-state index in [9.17, 15) is 0 Å². The second kappa shape index (κ2) is 20.6. The summed E-state index contributed by atoms with van der Waals surface area (Å²) in [4.78, 5) is 8.57. The monoisotopic (exact) mass is 909 g/mol. The Morgan fingerprint density at radius 1 is 0.377 bits per heavy atom. The minimum atomic E-state index is 0.761. The van der Waals surface area contributed by atoms with Crippen LogP contribution in [-0.4, -0.2) is 9.97 Å². The van der Waals surface area contributed by atoms with Gasteiger partial charge in [-0.1, -0.05) is 93.1 Å². The number of fused-ring (bicyclic) bond motifs is 3.